The molecule has 23 heavy (non-hydrogen) atoms. The van der Waals surface area contributed by atoms with Gasteiger partial charge in [0.05, 0.1) is 19.3 Å². The highest BCUT2D eigenvalue weighted by atomic mass is 16.5. The number of aliphatic hydroxyl groups is 1. The van der Waals surface area contributed by atoms with E-state index in [0.29, 0.717) is 25.1 Å². The second-order valence-electron chi connectivity index (χ2n) is 7.03. The number of methoxy groups -OCH3 is 1. The van der Waals surface area contributed by atoms with Crippen molar-refractivity contribution < 1.29 is 9.84 Å². The van der Waals surface area contributed by atoms with Gasteiger partial charge in [-0.2, -0.15) is 0 Å². The van der Waals surface area contributed by atoms with Crippen molar-refractivity contribution in [1.82, 2.24) is 24.6 Å². The van der Waals surface area contributed by atoms with Crippen molar-refractivity contribution >= 4 is 0 Å². The molecule has 1 N–H and O–H groups in total. The van der Waals surface area contributed by atoms with Gasteiger partial charge in [-0.05, 0) is 32.9 Å². The number of likely N-dealkylation sites (N-methyl/N-ethyl adjacent to an activating group) is 1. The molecular formula is C16H29N5O2. The van der Waals surface area contributed by atoms with Gasteiger partial charge in [-0.15, -0.1) is 10.2 Å². The number of aliphatic hydroxyl groups excluding tert-OH is 1. The maximum absolute atomic E-state index is 9.86. The molecule has 1 saturated heterocycles. The fraction of sp³-hybridized carbons (Fsp3) is 0.875. The molecule has 1 aliphatic carbocycles. The van der Waals surface area contributed by atoms with Crippen molar-refractivity contribution in [3.63, 3.8) is 0 Å². The third-order valence-corrected chi connectivity index (χ3v) is 5.03. The van der Waals surface area contributed by atoms with Gasteiger partial charge in [-0.25, -0.2) is 0 Å². The predicted octanol–water partition coefficient (Wildman–Crippen LogP) is 0.206. The lowest BCUT2D eigenvalue weighted by Gasteiger charge is -2.25. The minimum atomic E-state index is -0.399. The van der Waals surface area contributed by atoms with Gasteiger partial charge in [0.25, 0.3) is 0 Å². The molecule has 2 fully saturated rings. The van der Waals surface area contributed by atoms with Crippen LogP contribution < -0.4 is 0 Å². The van der Waals surface area contributed by atoms with Gasteiger partial charge in [0, 0.05) is 39.2 Å². The van der Waals surface area contributed by atoms with Gasteiger partial charge < -0.3 is 14.4 Å². The van der Waals surface area contributed by atoms with Crippen LogP contribution in [0.3, 0.4) is 0 Å². The van der Waals surface area contributed by atoms with Gasteiger partial charge in [-0.3, -0.25) is 9.80 Å². The van der Waals surface area contributed by atoms with Crippen molar-refractivity contribution in [1.29, 1.82) is 0 Å². The predicted molar refractivity (Wildman–Crippen MR) is 87.2 cm³/mol. The molecule has 2 aliphatic rings. The average Bonchev–Trinajstić information content (AvgIpc) is 3.14. The van der Waals surface area contributed by atoms with Crippen LogP contribution in [-0.4, -0.2) is 82.2 Å². The number of β-amino-alcohol motifs (C(OH)–C–C–N with tert-alkyl or cyclic N) is 1. The Morgan fingerprint density at radius 3 is 2.83 bits per heavy atom. The third-order valence-electron chi connectivity index (χ3n) is 5.03. The van der Waals surface area contributed by atoms with E-state index in [2.05, 4.69) is 38.7 Å². The second kappa shape index (κ2) is 7.25. The molecule has 0 bridgehead atoms. The molecule has 130 valence electrons. The van der Waals surface area contributed by atoms with Crippen LogP contribution in [0.25, 0.3) is 0 Å². The van der Waals surface area contributed by atoms with E-state index in [-0.39, 0.29) is 0 Å². The van der Waals surface area contributed by atoms with Crippen LogP contribution in [0.4, 0.5) is 0 Å². The summed E-state index contributed by atoms with van der Waals surface area (Å²) >= 11 is 0. The Morgan fingerprint density at radius 1 is 1.35 bits per heavy atom. The average molecular weight is 323 g/mol. The van der Waals surface area contributed by atoms with Crippen LogP contribution in [0, 0.1) is 0 Å². The zero-order chi connectivity index (χ0) is 16.4. The van der Waals surface area contributed by atoms with Gasteiger partial charge in [0.1, 0.15) is 11.6 Å². The Bertz CT molecular complexity index is 517. The zero-order valence-electron chi connectivity index (χ0n) is 14.5. The Labute approximate surface area is 138 Å². The maximum atomic E-state index is 9.86. The van der Waals surface area contributed by atoms with E-state index in [9.17, 15) is 5.11 Å². The molecule has 1 aromatic heterocycles. The Hall–Kier alpha value is -1.02. The van der Waals surface area contributed by atoms with Crippen molar-refractivity contribution in [3.8, 4) is 0 Å². The molecule has 0 spiro atoms. The van der Waals surface area contributed by atoms with Crippen LogP contribution in [-0.2, 0) is 18.3 Å². The summed E-state index contributed by atoms with van der Waals surface area (Å²) in [6.45, 7) is 3.94. The fourth-order valence-corrected chi connectivity index (χ4v) is 3.44. The van der Waals surface area contributed by atoms with Crippen LogP contribution in [0.5, 0.6) is 0 Å². The lowest BCUT2D eigenvalue weighted by Crippen LogP contribution is -2.38. The third kappa shape index (κ3) is 4.09. The minimum absolute atomic E-state index is 0.399. The van der Waals surface area contributed by atoms with Crippen molar-refractivity contribution in [2.45, 2.75) is 43.9 Å². The monoisotopic (exact) mass is 323 g/mol. The Morgan fingerprint density at radius 2 is 2.13 bits per heavy atom. The summed E-state index contributed by atoms with van der Waals surface area (Å²) in [5.41, 5.74) is 0. The summed E-state index contributed by atoms with van der Waals surface area (Å²) in [5.74, 6) is 2.83. The number of rotatable bonds is 8. The largest absolute Gasteiger partial charge is 0.389 e. The van der Waals surface area contributed by atoms with Crippen LogP contribution in [0.1, 0.15) is 36.8 Å². The highest BCUT2D eigenvalue weighted by Gasteiger charge is 2.31. The molecule has 0 amide bonds. The summed E-state index contributed by atoms with van der Waals surface area (Å²) in [6.07, 6.45) is 3.24. The van der Waals surface area contributed by atoms with Gasteiger partial charge >= 0.3 is 0 Å². The number of hydrogen-bond donors (Lipinski definition) is 1. The zero-order valence-corrected chi connectivity index (χ0v) is 14.5. The molecule has 1 aromatic rings. The highest BCUT2D eigenvalue weighted by molar-refractivity contribution is 5.07. The number of hydrogen-bond acceptors (Lipinski definition) is 6. The summed E-state index contributed by atoms with van der Waals surface area (Å²) < 4.78 is 7.17. The van der Waals surface area contributed by atoms with Crippen molar-refractivity contribution in [2.75, 3.05) is 40.4 Å². The molecule has 0 radical (unpaired) electrons. The normalized spacial score (nSPS) is 23.8. The van der Waals surface area contributed by atoms with E-state index >= 15 is 0 Å². The molecule has 7 heteroatoms. The number of likely N-dealkylation sites (tertiary alicyclic amines) is 1. The maximum Gasteiger partial charge on any atom is 0.146 e. The van der Waals surface area contributed by atoms with Crippen molar-refractivity contribution in [3.05, 3.63) is 11.6 Å². The second-order valence-corrected chi connectivity index (χ2v) is 7.03. The van der Waals surface area contributed by atoms with E-state index in [1.165, 1.54) is 12.8 Å². The first-order valence-corrected chi connectivity index (χ1v) is 8.56. The number of ether oxygens (including phenoxy) is 1. The van der Waals surface area contributed by atoms with Gasteiger partial charge in [0.15, 0.2) is 0 Å². The summed E-state index contributed by atoms with van der Waals surface area (Å²) in [5, 5.41) is 18.6. The van der Waals surface area contributed by atoms with E-state index in [1.807, 2.05) is 0 Å². The molecule has 3 rings (SSSR count). The molecule has 7 nitrogen and oxygen atoms in total. The molecular weight excluding hydrogens is 294 g/mol. The van der Waals surface area contributed by atoms with Gasteiger partial charge in [-0.1, -0.05) is 0 Å². The van der Waals surface area contributed by atoms with Crippen LogP contribution in [0.15, 0.2) is 0 Å². The lowest BCUT2D eigenvalue weighted by molar-refractivity contribution is 0.0413. The van der Waals surface area contributed by atoms with E-state index < -0.39 is 6.10 Å². The molecule has 0 aromatic carbocycles. The summed E-state index contributed by atoms with van der Waals surface area (Å²) in [6, 6.07) is 0.505. The molecule has 2 atom stereocenters. The minimum Gasteiger partial charge on any atom is -0.389 e. The highest BCUT2D eigenvalue weighted by Crippen LogP contribution is 2.38. The van der Waals surface area contributed by atoms with Crippen LogP contribution in [0.2, 0.25) is 0 Å². The number of nitrogens with zero attached hydrogens (tertiary/aromatic N) is 5. The first-order chi connectivity index (χ1) is 11.1. The molecule has 1 saturated carbocycles. The Kier molecular flexibility index (Phi) is 5.31. The van der Waals surface area contributed by atoms with E-state index in [1.54, 1.807) is 7.11 Å². The molecule has 1 aliphatic heterocycles. The quantitative estimate of drug-likeness (QED) is 0.737. The standard InChI is InChI=1S/C16H29N5O2/c1-19(10-15-17-18-16(20(15)2)12-4-5-12)13-6-7-21(8-13)9-14(22)11-23-3/h12-14,22H,4-11H2,1-3H3/t13-,14+/m0/s1. The molecule has 0 unspecified atom stereocenters. The fourth-order valence-electron chi connectivity index (χ4n) is 3.44. The first kappa shape index (κ1) is 16.8. The first-order valence-electron chi connectivity index (χ1n) is 8.56. The molecule has 2 heterocycles. The summed E-state index contributed by atoms with van der Waals surface area (Å²) in [4.78, 5) is 4.68. The Balaban J connectivity index is 1.50. The van der Waals surface area contributed by atoms with Crippen molar-refractivity contribution in [2.24, 2.45) is 7.05 Å². The van der Waals surface area contributed by atoms with Gasteiger partial charge in [0.2, 0.25) is 0 Å². The SMILES string of the molecule is COC[C@H](O)CN1CC[C@H](N(C)Cc2nnc(C3CC3)n2C)C1. The topological polar surface area (TPSA) is 66.7 Å². The smallest absolute Gasteiger partial charge is 0.146 e. The van der Waals surface area contributed by atoms with E-state index in [4.69, 9.17) is 4.74 Å². The van der Waals surface area contributed by atoms with Crippen LogP contribution >= 0.6 is 0 Å². The summed E-state index contributed by atoms with van der Waals surface area (Å²) in [7, 11) is 5.87. The lowest BCUT2D eigenvalue weighted by atomic mass is 10.2. The van der Waals surface area contributed by atoms with E-state index in [0.717, 1.165) is 37.7 Å². The number of aromatic nitrogens is 3.